The highest BCUT2D eigenvalue weighted by Crippen LogP contribution is 2.12. The molecule has 0 unspecified atom stereocenters. The van der Waals surface area contributed by atoms with Crippen molar-refractivity contribution in [3.05, 3.63) is 53.7 Å². The van der Waals surface area contributed by atoms with Gasteiger partial charge in [-0.05, 0) is 36.2 Å². The molecular weight excluding hydrogens is 238 g/mol. The molecule has 1 N–H and O–H groups in total. The van der Waals surface area contributed by atoms with Crippen molar-refractivity contribution in [1.82, 2.24) is 4.98 Å². The number of nitrogens with zero attached hydrogens (tertiary/aromatic N) is 2. The van der Waals surface area contributed by atoms with Crippen LogP contribution in [-0.4, -0.2) is 18.6 Å². The summed E-state index contributed by atoms with van der Waals surface area (Å²) in [6.07, 6.45) is 2.52. The molecule has 0 spiro atoms. The first-order valence-electron chi connectivity index (χ1n) is 6.05. The van der Waals surface area contributed by atoms with Crippen LogP contribution in [0.5, 0.6) is 5.75 Å². The van der Waals surface area contributed by atoms with Gasteiger partial charge in [0.15, 0.2) is 0 Å². The van der Waals surface area contributed by atoms with Crippen LogP contribution in [0.3, 0.4) is 0 Å². The molecule has 2 rings (SSSR count). The van der Waals surface area contributed by atoms with E-state index in [9.17, 15) is 0 Å². The van der Waals surface area contributed by atoms with E-state index in [0.29, 0.717) is 5.56 Å². The summed E-state index contributed by atoms with van der Waals surface area (Å²) in [4.78, 5) is 4.16. The van der Waals surface area contributed by atoms with Crippen LogP contribution < -0.4 is 10.1 Å². The molecule has 19 heavy (non-hydrogen) atoms. The Hall–Kier alpha value is -2.54. The fraction of sp³-hybridized carbons (Fsp3) is 0.200. The third-order valence-electron chi connectivity index (χ3n) is 2.77. The van der Waals surface area contributed by atoms with Gasteiger partial charge in [0.1, 0.15) is 11.6 Å². The molecule has 4 heteroatoms. The molecule has 0 aliphatic carbocycles. The summed E-state index contributed by atoms with van der Waals surface area (Å²) in [5, 5.41) is 12.0. The van der Waals surface area contributed by atoms with Gasteiger partial charge < -0.3 is 10.1 Å². The van der Waals surface area contributed by atoms with Gasteiger partial charge in [-0.25, -0.2) is 4.98 Å². The molecule has 2 aromatic rings. The minimum absolute atomic E-state index is 0.613. The van der Waals surface area contributed by atoms with E-state index in [1.807, 2.05) is 24.3 Å². The fourth-order valence-corrected chi connectivity index (χ4v) is 1.72. The second-order valence-electron chi connectivity index (χ2n) is 4.07. The summed E-state index contributed by atoms with van der Waals surface area (Å²) in [7, 11) is 1.66. The molecule has 0 fully saturated rings. The molecule has 0 atom stereocenters. The Morgan fingerprint density at radius 2 is 2.05 bits per heavy atom. The van der Waals surface area contributed by atoms with Gasteiger partial charge in [-0.3, -0.25) is 0 Å². The Morgan fingerprint density at radius 3 is 2.74 bits per heavy atom. The first kappa shape index (κ1) is 12.9. The highest BCUT2D eigenvalue weighted by molar-refractivity contribution is 5.42. The van der Waals surface area contributed by atoms with E-state index in [2.05, 4.69) is 16.4 Å². The van der Waals surface area contributed by atoms with Gasteiger partial charge in [-0.2, -0.15) is 5.26 Å². The lowest BCUT2D eigenvalue weighted by atomic mass is 10.1. The van der Waals surface area contributed by atoms with E-state index >= 15 is 0 Å². The van der Waals surface area contributed by atoms with E-state index in [-0.39, 0.29) is 0 Å². The van der Waals surface area contributed by atoms with Gasteiger partial charge in [0.25, 0.3) is 0 Å². The van der Waals surface area contributed by atoms with E-state index in [1.54, 1.807) is 25.4 Å². The summed E-state index contributed by atoms with van der Waals surface area (Å²) in [5.74, 6) is 1.59. The number of ether oxygens (including phenoxy) is 1. The summed E-state index contributed by atoms with van der Waals surface area (Å²) < 4.78 is 5.11. The lowest BCUT2D eigenvalue weighted by Crippen LogP contribution is -2.06. The van der Waals surface area contributed by atoms with Crippen LogP contribution in [0.4, 0.5) is 5.82 Å². The number of hydrogen-bond acceptors (Lipinski definition) is 4. The minimum atomic E-state index is 0.613. The average molecular weight is 253 g/mol. The van der Waals surface area contributed by atoms with Crippen molar-refractivity contribution >= 4 is 5.82 Å². The molecule has 0 amide bonds. The van der Waals surface area contributed by atoms with Crippen LogP contribution >= 0.6 is 0 Å². The van der Waals surface area contributed by atoms with Crippen molar-refractivity contribution < 1.29 is 4.74 Å². The van der Waals surface area contributed by atoms with Crippen molar-refractivity contribution in [3.8, 4) is 11.8 Å². The lowest BCUT2D eigenvalue weighted by molar-refractivity contribution is 0.414. The second kappa shape index (κ2) is 6.41. The molecule has 0 aliphatic heterocycles. The van der Waals surface area contributed by atoms with Gasteiger partial charge >= 0.3 is 0 Å². The number of nitrogens with one attached hydrogen (secondary N) is 1. The Labute approximate surface area is 112 Å². The van der Waals surface area contributed by atoms with Crippen molar-refractivity contribution in [1.29, 1.82) is 5.26 Å². The molecule has 0 radical (unpaired) electrons. The van der Waals surface area contributed by atoms with Gasteiger partial charge in [0, 0.05) is 12.7 Å². The van der Waals surface area contributed by atoms with Crippen LogP contribution in [0, 0.1) is 11.3 Å². The molecule has 1 aromatic heterocycles. The van der Waals surface area contributed by atoms with Crippen LogP contribution in [0.25, 0.3) is 0 Å². The summed E-state index contributed by atoms with van der Waals surface area (Å²) >= 11 is 0. The minimum Gasteiger partial charge on any atom is -0.497 e. The predicted octanol–water partition coefficient (Wildman–Crippen LogP) is 2.62. The molecule has 1 aromatic carbocycles. The van der Waals surface area contributed by atoms with Gasteiger partial charge in [0.2, 0.25) is 0 Å². The molecule has 1 heterocycles. The maximum atomic E-state index is 8.80. The number of benzene rings is 1. The first-order valence-corrected chi connectivity index (χ1v) is 6.05. The molecule has 0 aliphatic rings. The Morgan fingerprint density at radius 1 is 1.26 bits per heavy atom. The second-order valence-corrected chi connectivity index (χ2v) is 4.07. The summed E-state index contributed by atoms with van der Waals surface area (Å²) in [6, 6.07) is 13.5. The number of anilines is 1. The van der Waals surface area contributed by atoms with Gasteiger partial charge in [0.05, 0.1) is 18.7 Å². The SMILES string of the molecule is COc1ccc(CCNc2cc(C#N)ccn2)cc1. The number of methoxy groups -OCH3 is 1. The smallest absolute Gasteiger partial charge is 0.127 e. The largest absolute Gasteiger partial charge is 0.497 e. The molecule has 0 saturated carbocycles. The van der Waals surface area contributed by atoms with Crippen molar-refractivity contribution in [2.45, 2.75) is 6.42 Å². The predicted molar refractivity (Wildman–Crippen MR) is 74.1 cm³/mol. The third-order valence-corrected chi connectivity index (χ3v) is 2.77. The average Bonchev–Trinajstić information content (AvgIpc) is 2.48. The van der Waals surface area contributed by atoms with E-state index in [4.69, 9.17) is 10.00 Å². The zero-order valence-corrected chi connectivity index (χ0v) is 10.8. The van der Waals surface area contributed by atoms with Crippen LogP contribution in [-0.2, 0) is 6.42 Å². The Kier molecular flexibility index (Phi) is 4.35. The quantitative estimate of drug-likeness (QED) is 0.889. The topological polar surface area (TPSA) is 57.9 Å². The molecule has 4 nitrogen and oxygen atoms in total. The number of nitriles is 1. The third kappa shape index (κ3) is 3.71. The van der Waals surface area contributed by atoms with Gasteiger partial charge in [-0.15, -0.1) is 0 Å². The zero-order valence-electron chi connectivity index (χ0n) is 10.8. The number of aromatic nitrogens is 1. The molecule has 0 bridgehead atoms. The van der Waals surface area contributed by atoms with Crippen LogP contribution in [0.1, 0.15) is 11.1 Å². The Balaban J connectivity index is 1.87. The highest BCUT2D eigenvalue weighted by Gasteiger charge is 1.97. The maximum Gasteiger partial charge on any atom is 0.127 e. The number of pyridine rings is 1. The normalized spacial score (nSPS) is 9.68. The van der Waals surface area contributed by atoms with Crippen molar-refractivity contribution in [3.63, 3.8) is 0 Å². The van der Waals surface area contributed by atoms with E-state index in [1.165, 1.54) is 5.56 Å². The van der Waals surface area contributed by atoms with E-state index < -0.39 is 0 Å². The standard InChI is InChI=1S/C15H15N3O/c1-19-14-4-2-12(3-5-14)6-8-17-15-10-13(11-16)7-9-18-15/h2-5,7,9-10H,6,8H2,1H3,(H,17,18). The van der Waals surface area contributed by atoms with Crippen molar-refractivity contribution in [2.75, 3.05) is 19.0 Å². The number of hydrogen-bond donors (Lipinski definition) is 1. The van der Waals surface area contributed by atoms with E-state index in [0.717, 1.165) is 24.5 Å². The molecule has 96 valence electrons. The lowest BCUT2D eigenvalue weighted by Gasteiger charge is -2.06. The van der Waals surface area contributed by atoms with Crippen LogP contribution in [0.15, 0.2) is 42.6 Å². The summed E-state index contributed by atoms with van der Waals surface area (Å²) in [6.45, 7) is 0.772. The number of rotatable bonds is 5. The maximum absolute atomic E-state index is 8.80. The first-order chi connectivity index (χ1) is 9.31. The van der Waals surface area contributed by atoms with Gasteiger partial charge in [-0.1, -0.05) is 12.1 Å². The zero-order chi connectivity index (χ0) is 13.5. The highest BCUT2D eigenvalue weighted by atomic mass is 16.5. The fourth-order valence-electron chi connectivity index (χ4n) is 1.72. The van der Waals surface area contributed by atoms with Crippen molar-refractivity contribution in [2.24, 2.45) is 0 Å². The van der Waals surface area contributed by atoms with Crippen LogP contribution in [0.2, 0.25) is 0 Å². The summed E-state index contributed by atoms with van der Waals surface area (Å²) in [5.41, 5.74) is 1.84. The molecule has 0 saturated heterocycles. The molecular formula is C15H15N3O. The monoisotopic (exact) mass is 253 g/mol. The Bertz CT molecular complexity index is 573.